The first-order valence-corrected chi connectivity index (χ1v) is 8.29. The molecule has 3 rings (SSSR count). The number of aromatic amines is 1. The minimum absolute atomic E-state index is 0.194. The van der Waals surface area contributed by atoms with E-state index in [1.807, 2.05) is 20.8 Å². The lowest BCUT2D eigenvalue weighted by atomic mass is 10.1. The zero-order chi connectivity index (χ0) is 18.2. The van der Waals surface area contributed by atoms with Gasteiger partial charge in [0.25, 0.3) is 5.56 Å². The van der Waals surface area contributed by atoms with Crippen LogP contribution in [-0.4, -0.2) is 31.4 Å². The molecule has 0 saturated carbocycles. The molecule has 0 fully saturated rings. The quantitative estimate of drug-likeness (QED) is 0.664. The highest BCUT2D eigenvalue weighted by Crippen LogP contribution is 2.20. The largest absolute Gasteiger partial charge is 0.387 e. The van der Waals surface area contributed by atoms with Crippen molar-refractivity contribution in [1.29, 1.82) is 0 Å². The molecule has 1 unspecified atom stereocenters. The van der Waals surface area contributed by atoms with Crippen LogP contribution in [0.4, 0.5) is 5.95 Å². The molecule has 1 aromatic carbocycles. The maximum Gasteiger partial charge on any atom is 0.263 e. The fourth-order valence-electron chi connectivity index (χ4n) is 2.49. The highest BCUT2D eigenvalue weighted by molar-refractivity contribution is 6.30. The number of aliphatic hydroxyl groups excluding tert-OH is 1. The van der Waals surface area contributed by atoms with E-state index < -0.39 is 6.10 Å². The Hall–Kier alpha value is -2.38. The first-order valence-electron chi connectivity index (χ1n) is 7.91. The number of hydrogen-bond acceptors (Lipinski definition) is 5. The number of H-pyrrole nitrogens is 1. The van der Waals surface area contributed by atoms with Crippen LogP contribution in [0.5, 0.6) is 0 Å². The van der Waals surface area contributed by atoms with Crippen LogP contribution in [-0.2, 0) is 5.54 Å². The van der Waals surface area contributed by atoms with E-state index in [4.69, 9.17) is 11.6 Å². The van der Waals surface area contributed by atoms with Gasteiger partial charge in [-0.2, -0.15) is 10.1 Å². The van der Waals surface area contributed by atoms with Crippen molar-refractivity contribution in [2.75, 3.05) is 11.9 Å². The first kappa shape index (κ1) is 17.4. The Kier molecular flexibility index (Phi) is 4.53. The van der Waals surface area contributed by atoms with Gasteiger partial charge in [0.2, 0.25) is 5.95 Å². The molecule has 3 aromatic rings. The molecule has 132 valence electrons. The van der Waals surface area contributed by atoms with Crippen molar-refractivity contribution in [2.45, 2.75) is 32.4 Å². The summed E-state index contributed by atoms with van der Waals surface area (Å²) in [6.07, 6.45) is 0.754. The number of nitrogens with one attached hydrogen (secondary N) is 2. The number of rotatable bonds is 4. The Labute approximate surface area is 149 Å². The summed E-state index contributed by atoms with van der Waals surface area (Å²) in [5.41, 5.74) is 0.645. The summed E-state index contributed by atoms with van der Waals surface area (Å²) >= 11 is 5.85. The molecule has 0 aliphatic rings. The maximum atomic E-state index is 12.2. The molecule has 0 aliphatic carbocycles. The summed E-state index contributed by atoms with van der Waals surface area (Å²) in [5, 5.41) is 18.5. The Morgan fingerprint density at radius 3 is 2.64 bits per heavy atom. The molecule has 7 nitrogen and oxygen atoms in total. The number of anilines is 1. The molecule has 0 radical (unpaired) electrons. The molecule has 0 saturated heterocycles. The molecule has 2 heterocycles. The first-order chi connectivity index (χ1) is 11.8. The predicted molar refractivity (Wildman–Crippen MR) is 98.0 cm³/mol. The van der Waals surface area contributed by atoms with Crippen molar-refractivity contribution in [2.24, 2.45) is 0 Å². The summed E-state index contributed by atoms with van der Waals surface area (Å²) in [6, 6.07) is 6.94. The fraction of sp³-hybridized carbons (Fsp3) is 0.353. The molecule has 0 bridgehead atoms. The number of nitrogens with zero attached hydrogens (tertiary/aromatic N) is 3. The summed E-state index contributed by atoms with van der Waals surface area (Å²) < 4.78 is 1.71. The van der Waals surface area contributed by atoms with Crippen molar-refractivity contribution in [3.05, 3.63) is 51.4 Å². The van der Waals surface area contributed by atoms with E-state index >= 15 is 0 Å². The van der Waals surface area contributed by atoms with Crippen LogP contribution in [0.1, 0.15) is 32.4 Å². The second-order valence-electron chi connectivity index (χ2n) is 6.83. The normalized spacial score (nSPS) is 13.2. The Balaban J connectivity index is 1.84. The third-order valence-electron chi connectivity index (χ3n) is 3.79. The van der Waals surface area contributed by atoms with Gasteiger partial charge in [-0.15, -0.1) is 0 Å². The average molecular weight is 362 g/mol. The number of hydrogen-bond donors (Lipinski definition) is 3. The van der Waals surface area contributed by atoms with E-state index in [1.54, 1.807) is 28.9 Å². The maximum absolute atomic E-state index is 12.2. The van der Waals surface area contributed by atoms with E-state index in [1.165, 1.54) is 6.20 Å². The highest BCUT2D eigenvalue weighted by atomic mass is 35.5. The number of aliphatic hydroxyl groups is 1. The fourth-order valence-corrected chi connectivity index (χ4v) is 2.62. The van der Waals surface area contributed by atoms with Crippen LogP contribution in [0.3, 0.4) is 0 Å². The SMILES string of the molecule is CC(C)(C)n1ncc2c(=O)[nH]c(NCC(O)c3ccc(Cl)cc3)nc21. The number of aromatic nitrogens is 4. The topological polar surface area (TPSA) is 95.8 Å². The molecule has 0 spiro atoms. The van der Waals surface area contributed by atoms with Gasteiger partial charge >= 0.3 is 0 Å². The predicted octanol–water partition coefficient (Wildman–Crippen LogP) is 2.67. The van der Waals surface area contributed by atoms with Gasteiger partial charge in [-0.1, -0.05) is 23.7 Å². The Bertz CT molecular complexity index is 940. The lowest BCUT2D eigenvalue weighted by Gasteiger charge is -2.20. The molecule has 8 heteroatoms. The van der Waals surface area contributed by atoms with E-state index in [0.717, 1.165) is 5.56 Å². The third-order valence-corrected chi connectivity index (χ3v) is 4.04. The average Bonchev–Trinajstić information content (AvgIpc) is 2.98. The van der Waals surface area contributed by atoms with Crippen molar-refractivity contribution in [3.8, 4) is 0 Å². The minimum atomic E-state index is -0.759. The van der Waals surface area contributed by atoms with Crippen LogP contribution in [0.25, 0.3) is 11.0 Å². The summed E-state index contributed by atoms with van der Waals surface area (Å²) in [4.78, 5) is 19.3. The molecule has 1 atom stereocenters. The van der Waals surface area contributed by atoms with Crippen LogP contribution in [0.2, 0.25) is 5.02 Å². The van der Waals surface area contributed by atoms with Gasteiger partial charge in [0.1, 0.15) is 5.39 Å². The zero-order valence-corrected chi connectivity index (χ0v) is 15.0. The van der Waals surface area contributed by atoms with Crippen LogP contribution < -0.4 is 10.9 Å². The Morgan fingerprint density at radius 2 is 2.00 bits per heavy atom. The van der Waals surface area contributed by atoms with Crippen molar-refractivity contribution in [1.82, 2.24) is 19.7 Å². The lowest BCUT2D eigenvalue weighted by Crippen LogP contribution is -2.24. The summed E-state index contributed by atoms with van der Waals surface area (Å²) in [6.45, 7) is 6.15. The van der Waals surface area contributed by atoms with Crippen LogP contribution in [0, 0.1) is 0 Å². The van der Waals surface area contributed by atoms with E-state index in [9.17, 15) is 9.90 Å². The van der Waals surface area contributed by atoms with Crippen LogP contribution >= 0.6 is 11.6 Å². The van der Waals surface area contributed by atoms with E-state index in [0.29, 0.717) is 16.1 Å². The molecular formula is C17H20ClN5O2. The molecular weight excluding hydrogens is 342 g/mol. The van der Waals surface area contributed by atoms with Crippen molar-refractivity contribution in [3.63, 3.8) is 0 Å². The second-order valence-corrected chi connectivity index (χ2v) is 7.26. The van der Waals surface area contributed by atoms with Gasteiger partial charge in [0, 0.05) is 11.6 Å². The Morgan fingerprint density at radius 1 is 1.32 bits per heavy atom. The molecule has 0 aliphatic heterocycles. The number of benzene rings is 1. The standard InChI is InChI=1S/C17H20ClN5O2/c1-17(2,3)23-14-12(8-20-23)15(25)22-16(21-14)19-9-13(24)10-4-6-11(18)7-5-10/h4-8,13,24H,9H2,1-3H3,(H2,19,21,22,25). The van der Waals surface area contributed by atoms with Crippen molar-refractivity contribution >= 4 is 28.6 Å². The molecule has 3 N–H and O–H groups in total. The molecule has 2 aromatic heterocycles. The van der Waals surface area contributed by atoms with Gasteiger partial charge in [-0.25, -0.2) is 4.68 Å². The lowest BCUT2D eigenvalue weighted by molar-refractivity contribution is 0.191. The number of fused-ring (bicyclic) bond motifs is 1. The van der Waals surface area contributed by atoms with Gasteiger partial charge in [0.05, 0.1) is 17.8 Å². The van der Waals surface area contributed by atoms with Gasteiger partial charge in [-0.05, 0) is 38.5 Å². The highest BCUT2D eigenvalue weighted by Gasteiger charge is 2.20. The monoisotopic (exact) mass is 361 g/mol. The second kappa shape index (κ2) is 6.50. The van der Waals surface area contributed by atoms with E-state index in [2.05, 4.69) is 20.4 Å². The smallest absolute Gasteiger partial charge is 0.263 e. The van der Waals surface area contributed by atoms with Crippen molar-refractivity contribution < 1.29 is 5.11 Å². The number of halogens is 1. The van der Waals surface area contributed by atoms with Crippen LogP contribution in [0.15, 0.2) is 35.3 Å². The van der Waals surface area contributed by atoms with Gasteiger partial charge in [0.15, 0.2) is 5.65 Å². The van der Waals surface area contributed by atoms with E-state index in [-0.39, 0.29) is 23.6 Å². The van der Waals surface area contributed by atoms with Gasteiger partial charge < -0.3 is 10.4 Å². The van der Waals surface area contributed by atoms with Gasteiger partial charge in [-0.3, -0.25) is 9.78 Å². The third kappa shape index (κ3) is 3.67. The molecule has 0 amide bonds. The summed E-state index contributed by atoms with van der Waals surface area (Å²) in [7, 11) is 0. The minimum Gasteiger partial charge on any atom is -0.387 e. The summed E-state index contributed by atoms with van der Waals surface area (Å²) in [5.74, 6) is 0.288. The zero-order valence-electron chi connectivity index (χ0n) is 14.2. The molecule has 25 heavy (non-hydrogen) atoms.